The summed E-state index contributed by atoms with van der Waals surface area (Å²) in [7, 11) is 4.63. The largest absolute Gasteiger partial charge is 0.483 e. The second-order valence-corrected chi connectivity index (χ2v) is 23.2. The Hall–Kier alpha value is -5.95. The van der Waals surface area contributed by atoms with Crippen LogP contribution < -0.4 is 11.2 Å². The van der Waals surface area contributed by atoms with Gasteiger partial charge in [-0.1, -0.05) is 64.4 Å². The summed E-state index contributed by atoms with van der Waals surface area (Å²) in [4.78, 5) is 44.5. The lowest BCUT2D eigenvalue weighted by Crippen LogP contribution is -2.47. The zero-order valence-electron chi connectivity index (χ0n) is 50.6. The number of nitrogens with one attached hydrogen (secondary N) is 2. The van der Waals surface area contributed by atoms with Crippen LogP contribution in [-0.4, -0.2) is 187 Å². The van der Waals surface area contributed by atoms with Gasteiger partial charge >= 0.3 is 0 Å². The standard InChI is InChI=1S/C20H32N4O3.C16H27N5O3.C15H23N3O4.C5H12O2.CH4/c1-7-24-20(5,6)10-15(21-24)16-9-14(25)11-23(16)19(26)18(12(2)3)17-8-13(4)22-27-17;1-5-18-19-15(17)12-7-11(22)8-21(12)16(23)14(9(2)3)13-6-10(4)20-24-13;1-8(2)13(12-5-9(3)17-22-12)15(20)18-7-10(19)6-11(18)14(16)21-4;1-5(2,6-3)7-4;/h8,12,14,16,18,25H,7,9-11H2,1-6H3;6,9,11-12,14,18,22H,5,7-8H2,1-4H3,(H2,17,19);5,8,10-11,13,16,19H,6-7H2,1-4H3;1-4H3;1H4/t14-,16+,18?;11-,12+,14?;10-,11+,13?;;/m111../s1. The average Bonchev–Trinajstić information content (AvgIpc) is 4.30. The molecule has 4 aliphatic heterocycles. The van der Waals surface area contributed by atoms with Crippen LogP contribution in [0.3, 0.4) is 0 Å². The van der Waals surface area contributed by atoms with Gasteiger partial charge in [0.25, 0.3) is 0 Å². The summed E-state index contributed by atoms with van der Waals surface area (Å²) < 4.78 is 30.7. The highest BCUT2D eigenvalue weighted by molar-refractivity contribution is 5.97. The van der Waals surface area contributed by atoms with Gasteiger partial charge in [0.1, 0.15) is 46.9 Å². The number of methoxy groups -OCH3 is 3. The Kier molecular flexibility index (Phi) is 26.0. The van der Waals surface area contributed by atoms with Crippen LogP contribution in [0.2, 0.25) is 0 Å². The summed E-state index contributed by atoms with van der Waals surface area (Å²) in [6.45, 7) is 31.5. The molecule has 0 spiro atoms. The molecular weight excluding hydrogens is 1040 g/mol. The quantitative estimate of drug-likeness (QED) is 0.0387. The van der Waals surface area contributed by atoms with E-state index in [9.17, 15) is 29.7 Å². The number of aryl methyl sites for hydroxylation is 3. The first kappa shape index (κ1) is 69.3. The number of amidine groups is 1. The summed E-state index contributed by atoms with van der Waals surface area (Å²) in [5.41, 5.74) is 12.0. The van der Waals surface area contributed by atoms with Gasteiger partial charge in [0.15, 0.2) is 5.79 Å². The lowest BCUT2D eigenvalue weighted by molar-refractivity contribution is -0.178. The number of likely N-dealkylation sites (tertiary alicyclic amines) is 3. The number of nitrogens with zero attached hydrogens (tertiary/aromatic N) is 9. The predicted molar refractivity (Wildman–Crippen MR) is 308 cm³/mol. The fraction of sp³-hybridized carbons (Fsp3) is 0.737. The molecule has 9 atom stereocenters. The Morgan fingerprint density at radius 2 is 1.11 bits per heavy atom. The van der Waals surface area contributed by atoms with Gasteiger partial charge in [0, 0.05) is 90.8 Å². The van der Waals surface area contributed by atoms with Gasteiger partial charge < -0.3 is 69.0 Å². The summed E-state index contributed by atoms with van der Waals surface area (Å²) in [6, 6.07) is 4.26. The zero-order valence-corrected chi connectivity index (χ0v) is 50.6. The molecule has 0 saturated carbocycles. The van der Waals surface area contributed by atoms with Gasteiger partial charge in [-0.3, -0.25) is 24.8 Å². The van der Waals surface area contributed by atoms with Crippen LogP contribution in [0.25, 0.3) is 0 Å². The fourth-order valence-electron chi connectivity index (χ4n) is 10.4. The molecule has 0 aromatic carbocycles. The Morgan fingerprint density at radius 1 is 0.728 bits per heavy atom. The van der Waals surface area contributed by atoms with Crippen molar-refractivity contribution in [2.45, 2.75) is 202 Å². The minimum absolute atomic E-state index is 0. The number of hydrogen-bond acceptors (Lipinski definition) is 20. The number of hydrazone groups is 2. The van der Waals surface area contributed by atoms with Gasteiger partial charge in [-0.25, -0.2) is 0 Å². The summed E-state index contributed by atoms with van der Waals surface area (Å²) >= 11 is 0. The third kappa shape index (κ3) is 18.0. The Labute approximate surface area is 480 Å². The lowest BCUT2D eigenvalue weighted by Gasteiger charge is -2.30. The van der Waals surface area contributed by atoms with E-state index in [1.54, 1.807) is 43.1 Å². The molecule has 24 nitrogen and oxygen atoms in total. The molecule has 458 valence electrons. The number of aliphatic hydroxyl groups is 3. The molecule has 0 bridgehead atoms. The predicted octanol–water partition coefficient (Wildman–Crippen LogP) is 6.07. The van der Waals surface area contributed by atoms with Gasteiger partial charge in [-0.05, 0) is 80.1 Å². The molecule has 3 fully saturated rings. The molecule has 0 radical (unpaired) electrons. The number of carbonyl (C=O) groups is 3. The van der Waals surface area contributed by atoms with E-state index in [4.69, 9.17) is 44.0 Å². The van der Waals surface area contributed by atoms with Crippen molar-refractivity contribution in [1.82, 2.24) is 40.6 Å². The van der Waals surface area contributed by atoms with Crippen LogP contribution in [0, 0.1) is 43.9 Å². The van der Waals surface area contributed by atoms with E-state index >= 15 is 0 Å². The molecule has 3 aromatic heterocycles. The second kappa shape index (κ2) is 30.4. The van der Waals surface area contributed by atoms with Crippen molar-refractivity contribution < 1.29 is 57.5 Å². The molecule has 3 amide bonds. The maximum Gasteiger partial charge on any atom is 0.234 e. The monoisotopic (exact) mass is 1140 g/mol. The number of nitrogens with two attached hydrogens (primary N) is 1. The number of rotatable bonds is 17. The normalized spacial score (nSPS) is 22.7. The van der Waals surface area contributed by atoms with Crippen molar-refractivity contribution in [3.05, 3.63) is 52.6 Å². The first-order valence-corrected chi connectivity index (χ1v) is 27.8. The number of carbonyl (C=O) groups excluding carboxylic acids is 3. The van der Waals surface area contributed by atoms with Gasteiger partial charge in [0.05, 0.1) is 65.8 Å². The van der Waals surface area contributed by atoms with E-state index < -0.39 is 53.9 Å². The van der Waals surface area contributed by atoms with Gasteiger partial charge in [-0.15, -0.1) is 0 Å². The van der Waals surface area contributed by atoms with E-state index in [-0.39, 0.29) is 73.5 Å². The van der Waals surface area contributed by atoms with Crippen molar-refractivity contribution in [3.8, 4) is 0 Å². The molecule has 24 heteroatoms. The van der Waals surface area contributed by atoms with Crippen molar-refractivity contribution in [1.29, 1.82) is 5.41 Å². The highest BCUT2D eigenvalue weighted by Crippen LogP contribution is 2.37. The summed E-state index contributed by atoms with van der Waals surface area (Å²) in [5.74, 6) is -0.0551. The summed E-state index contributed by atoms with van der Waals surface area (Å²) in [5, 5.41) is 60.7. The number of amides is 3. The first-order chi connectivity index (χ1) is 37.4. The van der Waals surface area contributed by atoms with E-state index in [1.165, 1.54) is 12.0 Å². The number of aliphatic hydroxyl groups excluding tert-OH is 3. The molecule has 3 unspecified atom stereocenters. The SMILES string of the molecule is C.CCN/N=C(\N)[C@@H]1C[C@@H](O)CN1C(=O)C(c1cc(C)no1)C(C)C.CCN1N=C([C@@H]2C[C@@H](O)CN2C(=O)C(c2cc(C)no2)C(C)C)CC1(C)C.COC(=N)[C@@H]1C[C@@H](O)CN1C(=O)C(c1cc(C)no1)C(C)C.COC(C)(C)OC. The lowest BCUT2D eigenvalue weighted by atomic mass is 9.90. The van der Waals surface area contributed by atoms with Crippen LogP contribution >= 0.6 is 0 Å². The number of ether oxygens (including phenoxy) is 3. The van der Waals surface area contributed by atoms with Crippen LogP contribution in [0.4, 0.5) is 0 Å². The van der Waals surface area contributed by atoms with E-state index in [1.807, 2.05) is 82.2 Å². The van der Waals surface area contributed by atoms with E-state index in [0.29, 0.717) is 55.5 Å². The molecule has 0 aliphatic carbocycles. The van der Waals surface area contributed by atoms with Crippen molar-refractivity contribution in [2.24, 2.45) is 33.7 Å². The molecule has 7 N–H and O–H groups in total. The van der Waals surface area contributed by atoms with Crippen molar-refractivity contribution in [2.75, 3.05) is 54.1 Å². The molecule has 7 rings (SSSR count). The third-order valence-electron chi connectivity index (χ3n) is 14.8. The smallest absolute Gasteiger partial charge is 0.234 e. The van der Waals surface area contributed by atoms with Crippen LogP contribution in [0.15, 0.2) is 42.0 Å². The Morgan fingerprint density at radius 3 is 1.44 bits per heavy atom. The molecule has 4 aliphatic rings. The first-order valence-electron chi connectivity index (χ1n) is 27.8. The van der Waals surface area contributed by atoms with E-state index in [2.05, 4.69) is 51.8 Å². The maximum atomic E-state index is 13.5. The minimum Gasteiger partial charge on any atom is -0.483 e. The molecular formula is C57H98N12O12. The fourth-order valence-corrected chi connectivity index (χ4v) is 10.4. The summed E-state index contributed by atoms with van der Waals surface area (Å²) in [6.07, 6.45) is 0.261. The Balaban J connectivity index is 0.000000300. The minimum atomic E-state index is -0.645. The van der Waals surface area contributed by atoms with Crippen LogP contribution in [0.5, 0.6) is 0 Å². The zero-order chi connectivity index (χ0) is 60.1. The number of β-amino-alcohol motifs (C(OH)–C–C–N with tert-alkyl or cyclic N) is 3. The van der Waals surface area contributed by atoms with Crippen molar-refractivity contribution >= 4 is 35.2 Å². The highest BCUT2D eigenvalue weighted by atomic mass is 16.7. The number of hydrogen-bond donors (Lipinski definition) is 6. The Bertz CT molecular complexity index is 2530. The molecule has 81 heavy (non-hydrogen) atoms. The van der Waals surface area contributed by atoms with Gasteiger partial charge in [-0.2, -0.15) is 10.2 Å². The van der Waals surface area contributed by atoms with Crippen LogP contribution in [-0.2, 0) is 28.6 Å². The second-order valence-electron chi connectivity index (χ2n) is 23.2. The average molecular weight is 1140 g/mol. The van der Waals surface area contributed by atoms with Crippen LogP contribution in [0.1, 0.15) is 168 Å². The van der Waals surface area contributed by atoms with E-state index in [0.717, 1.165) is 35.8 Å². The maximum absolute atomic E-state index is 13.5. The topological polar surface area (TPSA) is 317 Å². The third-order valence-corrected chi connectivity index (χ3v) is 14.8. The number of aromatic nitrogens is 3. The molecule has 3 aromatic rings. The molecule has 7 heterocycles. The highest BCUT2D eigenvalue weighted by Gasteiger charge is 2.47. The van der Waals surface area contributed by atoms with Gasteiger partial charge in [0.2, 0.25) is 23.6 Å². The molecule has 3 saturated heterocycles. The van der Waals surface area contributed by atoms with Crippen molar-refractivity contribution in [3.63, 3.8) is 0 Å².